The maximum atomic E-state index is 11.9. The number of carbonyl (C=O) groups excluding carboxylic acids is 2. The van der Waals surface area contributed by atoms with Crippen LogP contribution in [0.3, 0.4) is 0 Å². The molecule has 0 radical (unpaired) electrons. The largest absolute Gasteiger partial charge is 0.462 e. The van der Waals surface area contributed by atoms with Crippen molar-refractivity contribution in [3.63, 3.8) is 0 Å². The van der Waals surface area contributed by atoms with Gasteiger partial charge in [0.25, 0.3) is 0 Å². The number of cyclic esters (lactones) is 1. The van der Waals surface area contributed by atoms with Crippen LogP contribution in [-0.2, 0) is 19.1 Å². The Morgan fingerprint density at radius 1 is 1.07 bits per heavy atom. The van der Waals surface area contributed by atoms with Crippen LogP contribution in [0.15, 0.2) is 11.6 Å². The van der Waals surface area contributed by atoms with Crippen LogP contribution >= 0.6 is 0 Å². The maximum Gasteiger partial charge on any atom is 0.306 e. The molecule has 4 aliphatic carbocycles. The van der Waals surface area contributed by atoms with E-state index in [1.54, 1.807) is 5.57 Å². The monoisotopic (exact) mass is 414 g/mol. The summed E-state index contributed by atoms with van der Waals surface area (Å²) in [4.78, 5) is 23.4. The third-order valence-corrected chi connectivity index (χ3v) is 10.3. The predicted molar refractivity (Wildman–Crippen MR) is 114 cm³/mol. The summed E-state index contributed by atoms with van der Waals surface area (Å²) in [6.07, 6.45) is 13.3. The number of hydrogen-bond acceptors (Lipinski definition) is 4. The average Bonchev–Trinajstić information content (AvgIpc) is 3.21. The number of ether oxygens (including phenoxy) is 2. The van der Waals surface area contributed by atoms with Gasteiger partial charge in [0.15, 0.2) is 0 Å². The second-order valence-corrected chi connectivity index (χ2v) is 11.7. The van der Waals surface area contributed by atoms with E-state index in [4.69, 9.17) is 9.47 Å². The van der Waals surface area contributed by atoms with Gasteiger partial charge >= 0.3 is 11.9 Å². The molecule has 0 N–H and O–H groups in total. The Balaban J connectivity index is 1.39. The Bertz CT molecular complexity index is 786. The third-order valence-electron chi connectivity index (χ3n) is 10.3. The molecule has 8 atom stereocenters. The molecule has 5 aliphatic rings. The topological polar surface area (TPSA) is 52.6 Å². The first-order valence-electron chi connectivity index (χ1n) is 12.2. The molecule has 0 aromatic carbocycles. The zero-order chi connectivity index (χ0) is 21.3. The van der Waals surface area contributed by atoms with Gasteiger partial charge in [0, 0.05) is 25.7 Å². The molecule has 0 aromatic heterocycles. The minimum atomic E-state index is -0.255. The first-order chi connectivity index (χ1) is 14.2. The lowest BCUT2D eigenvalue weighted by atomic mass is 9.46. The average molecular weight is 415 g/mol. The highest BCUT2D eigenvalue weighted by atomic mass is 16.6. The molecule has 4 nitrogen and oxygen atoms in total. The molecule has 0 spiro atoms. The molecule has 0 aromatic rings. The Morgan fingerprint density at radius 2 is 1.87 bits per heavy atom. The van der Waals surface area contributed by atoms with Gasteiger partial charge in [0.2, 0.25) is 0 Å². The number of rotatable bonds is 2. The number of carbonyl (C=O) groups is 2. The molecule has 30 heavy (non-hydrogen) atoms. The minimum Gasteiger partial charge on any atom is -0.462 e. The van der Waals surface area contributed by atoms with Crippen LogP contribution in [0.5, 0.6) is 0 Å². The first-order valence-corrected chi connectivity index (χ1v) is 12.2. The van der Waals surface area contributed by atoms with E-state index in [-0.39, 0.29) is 34.5 Å². The fourth-order valence-electron chi connectivity index (χ4n) is 8.92. The molecule has 0 amide bonds. The predicted octanol–water partition coefficient (Wildman–Crippen LogP) is 5.59. The Hall–Kier alpha value is -1.32. The highest BCUT2D eigenvalue weighted by molar-refractivity contribution is 5.72. The van der Waals surface area contributed by atoms with Crippen molar-refractivity contribution < 1.29 is 19.1 Å². The molecule has 0 unspecified atom stereocenters. The second kappa shape index (κ2) is 6.84. The minimum absolute atomic E-state index is 0.000489. The van der Waals surface area contributed by atoms with Crippen molar-refractivity contribution in [2.75, 3.05) is 0 Å². The molecular weight excluding hydrogens is 376 g/mol. The molecule has 1 saturated heterocycles. The van der Waals surface area contributed by atoms with Crippen LogP contribution in [0.25, 0.3) is 0 Å². The highest BCUT2D eigenvalue weighted by Gasteiger charge is 2.63. The number of hydrogen-bond donors (Lipinski definition) is 0. The van der Waals surface area contributed by atoms with Gasteiger partial charge in [-0.2, -0.15) is 0 Å². The van der Waals surface area contributed by atoms with E-state index in [1.807, 2.05) is 0 Å². The van der Waals surface area contributed by atoms with Gasteiger partial charge in [-0.1, -0.05) is 25.5 Å². The van der Waals surface area contributed by atoms with E-state index in [2.05, 4.69) is 26.8 Å². The maximum absolute atomic E-state index is 11.9. The quantitative estimate of drug-likeness (QED) is 0.436. The van der Waals surface area contributed by atoms with Crippen molar-refractivity contribution in [1.82, 2.24) is 0 Å². The number of esters is 2. The van der Waals surface area contributed by atoms with E-state index in [0.29, 0.717) is 12.3 Å². The van der Waals surface area contributed by atoms with E-state index < -0.39 is 0 Å². The smallest absolute Gasteiger partial charge is 0.306 e. The SMILES string of the molecule is CC(=O)O[C@H]1CC[C@@]2(C)C(=CC[C@H]3[C@@H]4CC[C@H]([C@]5(C)CCC(=O)O5)[C@@]4(C)CC[C@@H]32)C1. The van der Waals surface area contributed by atoms with Crippen molar-refractivity contribution in [3.05, 3.63) is 11.6 Å². The summed E-state index contributed by atoms with van der Waals surface area (Å²) >= 11 is 0. The molecule has 3 saturated carbocycles. The van der Waals surface area contributed by atoms with Gasteiger partial charge in [-0.15, -0.1) is 0 Å². The second-order valence-electron chi connectivity index (χ2n) is 11.7. The summed E-state index contributed by atoms with van der Waals surface area (Å²) < 4.78 is 11.5. The summed E-state index contributed by atoms with van der Waals surface area (Å²) in [5.74, 6) is 2.57. The van der Waals surface area contributed by atoms with E-state index in [0.717, 1.165) is 43.4 Å². The van der Waals surface area contributed by atoms with Gasteiger partial charge < -0.3 is 9.47 Å². The molecule has 5 rings (SSSR count). The highest BCUT2D eigenvalue weighted by Crippen LogP contribution is 2.68. The van der Waals surface area contributed by atoms with Gasteiger partial charge in [-0.3, -0.25) is 9.59 Å². The molecule has 4 heteroatoms. The van der Waals surface area contributed by atoms with Gasteiger partial charge in [-0.25, -0.2) is 0 Å². The Morgan fingerprint density at radius 3 is 2.57 bits per heavy atom. The number of fused-ring (bicyclic) bond motifs is 5. The normalized spacial score (nSPS) is 50.1. The van der Waals surface area contributed by atoms with Crippen LogP contribution in [0.2, 0.25) is 0 Å². The van der Waals surface area contributed by atoms with E-state index in [9.17, 15) is 9.59 Å². The summed E-state index contributed by atoms with van der Waals surface area (Å²) in [6.45, 7) is 8.75. The summed E-state index contributed by atoms with van der Waals surface area (Å²) in [5.41, 5.74) is 1.85. The van der Waals surface area contributed by atoms with Crippen molar-refractivity contribution in [2.45, 2.75) is 104 Å². The number of allylic oxidation sites excluding steroid dienone is 1. The van der Waals surface area contributed by atoms with Crippen molar-refractivity contribution in [3.8, 4) is 0 Å². The van der Waals surface area contributed by atoms with Crippen molar-refractivity contribution in [2.24, 2.45) is 34.5 Å². The van der Waals surface area contributed by atoms with E-state index in [1.165, 1.54) is 39.0 Å². The third kappa shape index (κ3) is 2.92. The van der Waals surface area contributed by atoms with Crippen LogP contribution in [0.4, 0.5) is 0 Å². The molecular formula is C26H38O4. The summed E-state index contributed by atoms with van der Waals surface area (Å²) in [5, 5.41) is 0. The molecule has 1 heterocycles. The zero-order valence-electron chi connectivity index (χ0n) is 19.2. The van der Waals surface area contributed by atoms with Crippen LogP contribution in [-0.4, -0.2) is 23.6 Å². The van der Waals surface area contributed by atoms with Gasteiger partial charge in [-0.05, 0) is 86.9 Å². The molecule has 1 aliphatic heterocycles. The summed E-state index contributed by atoms with van der Waals surface area (Å²) in [7, 11) is 0. The van der Waals surface area contributed by atoms with Gasteiger partial charge in [0.1, 0.15) is 11.7 Å². The summed E-state index contributed by atoms with van der Waals surface area (Å²) in [6, 6.07) is 0. The first kappa shape index (κ1) is 20.6. The standard InChI is InChI=1S/C26H38O4/c1-16(27)29-18-9-12-24(2)17(15-18)5-6-19-20-7-8-22(25(20,3)13-10-21(19)24)26(4)14-11-23(28)30-26/h5,18-22H,6-15H2,1-4H3/t18-,19-,20-,21-,22-,24-,25-,26-/m0/s1. The van der Waals surface area contributed by atoms with Crippen LogP contribution in [0.1, 0.15) is 91.9 Å². The fraction of sp³-hybridized carbons (Fsp3) is 0.846. The van der Waals surface area contributed by atoms with Crippen molar-refractivity contribution in [1.29, 1.82) is 0 Å². The Labute approximate surface area is 181 Å². The zero-order valence-corrected chi connectivity index (χ0v) is 19.2. The Kier molecular flexibility index (Phi) is 4.69. The van der Waals surface area contributed by atoms with Crippen molar-refractivity contribution >= 4 is 11.9 Å². The lowest BCUT2D eigenvalue weighted by molar-refractivity contribution is -0.159. The lowest BCUT2D eigenvalue weighted by Gasteiger charge is -2.59. The fourth-order valence-corrected chi connectivity index (χ4v) is 8.92. The van der Waals surface area contributed by atoms with E-state index >= 15 is 0 Å². The van der Waals surface area contributed by atoms with Crippen LogP contribution < -0.4 is 0 Å². The molecule has 4 fully saturated rings. The van der Waals surface area contributed by atoms with Crippen LogP contribution in [0, 0.1) is 34.5 Å². The molecule has 166 valence electrons. The van der Waals surface area contributed by atoms with Gasteiger partial charge in [0.05, 0.1) is 0 Å². The lowest BCUT2D eigenvalue weighted by Crippen LogP contribution is -2.53. The molecule has 0 bridgehead atoms.